The molecule has 3 rings (SSSR count). The Kier molecular flexibility index (Phi) is 5.47. The van der Waals surface area contributed by atoms with Crippen LogP contribution in [0.3, 0.4) is 0 Å². The molecule has 0 unspecified atom stereocenters. The maximum atomic E-state index is 14.7. The van der Waals surface area contributed by atoms with E-state index in [0.717, 1.165) is 43.1 Å². The molecule has 0 nitrogen and oxygen atoms in total. The number of rotatable bonds is 6. The van der Waals surface area contributed by atoms with Gasteiger partial charge in [0.2, 0.25) is 0 Å². The van der Waals surface area contributed by atoms with Crippen molar-refractivity contribution in [2.45, 2.75) is 46.0 Å². The lowest BCUT2D eigenvalue weighted by molar-refractivity contribution is 0.519. The molecule has 0 N–H and O–H groups in total. The molecule has 0 heterocycles. The number of hydrogen-bond acceptors (Lipinski definition) is 0. The predicted molar refractivity (Wildman–Crippen MR) is 102 cm³/mol. The normalized spacial score (nSPS) is 11.2. The number of benzene rings is 3. The van der Waals surface area contributed by atoms with E-state index in [2.05, 4.69) is 13.8 Å². The summed E-state index contributed by atoms with van der Waals surface area (Å²) in [6, 6.07) is 15.1. The third kappa shape index (κ3) is 3.73. The molecule has 0 fully saturated rings. The summed E-state index contributed by atoms with van der Waals surface area (Å²) in [6.45, 7) is 4.23. The average Bonchev–Trinajstić information content (AvgIpc) is 2.65. The van der Waals surface area contributed by atoms with Crippen molar-refractivity contribution in [3.05, 3.63) is 71.3 Å². The van der Waals surface area contributed by atoms with Crippen LogP contribution in [0.1, 0.15) is 44.2 Å². The second kappa shape index (κ2) is 7.77. The minimum atomic E-state index is -0.762. The van der Waals surface area contributed by atoms with Crippen LogP contribution in [0, 0.1) is 11.6 Å². The Labute approximate surface area is 148 Å². The van der Waals surface area contributed by atoms with Crippen LogP contribution in [-0.2, 0) is 12.8 Å². The van der Waals surface area contributed by atoms with Crippen LogP contribution in [0.4, 0.5) is 8.78 Å². The van der Waals surface area contributed by atoms with E-state index >= 15 is 0 Å². The van der Waals surface area contributed by atoms with Crippen LogP contribution in [0.25, 0.3) is 21.9 Å². The van der Waals surface area contributed by atoms with E-state index in [1.54, 1.807) is 12.1 Å². The van der Waals surface area contributed by atoms with Gasteiger partial charge in [-0.15, -0.1) is 0 Å². The van der Waals surface area contributed by atoms with Crippen LogP contribution in [-0.4, -0.2) is 0 Å². The lowest BCUT2D eigenvalue weighted by Crippen LogP contribution is -1.94. The van der Waals surface area contributed by atoms with Crippen molar-refractivity contribution >= 4 is 10.8 Å². The standard InChI is InChI=1S/C23H24F2/c1-3-5-6-7-17-10-13-19-15-21(23(25)22(24)20(19)14-17)18-11-8-16(4-2)9-12-18/h8-15H,3-7H2,1-2H3. The summed E-state index contributed by atoms with van der Waals surface area (Å²) in [5.74, 6) is -1.51. The van der Waals surface area contributed by atoms with Crippen molar-refractivity contribution in [3.8, 4) is 11.1 Å². The zero-order chi connectivity index (χ0) is 17.8. The van der Waals surface area contributed by atoms with Crippen LogP contribution in [0.5, 0.6) is 0 Å². The second-order valence-electron chi connectivity index (χ2n) is 6.62. The summed E-state index contributed by atoms with van der Waals surface area (Å²) in [5.41, 5.74) is 3.29. The number of aryl methyl sites for hydroxylation is 2. The highest BCUT2D eigenvalue weighted by Gasteiger charge is 2.15. The molecule has 0 aromatic heterocycles. The number of fused-ring (bicyclic) bond motifs is 1. The first-order chi connectivity index (χ1) is 12.1. The molecular weight excluding hydrogens is 314 g/mol. The van der Waals surface area contributed by atoms with E-state index in [1.165, 1.54) is 5.56 Å². The SMILES string of the molecule is CCCCCc1ccc2cc(-c3ccc(CC)cc3)c(F)c(F)c2c1. The molecule has 3 aromatic rings. The van der Waals surface area contributed by atoms with Gasteiger partial charge in [-0.25, -0.2) is 8.78 Å². The van der Waals surface area contributed by atoms with Crippen LogP contribution in [0.2, 0.25) is 0 Å². The first kappa shape index (κ1) is 17.6. The van der Waals surface area contributed by atoms with Gasteiger partial charge in [-0.2, -0.15) is 0 Å². The van der Waals surface area contributed by atoms with E-state index < -0.39 is 11.6 Å². The zero-order valence-electron chi connectivity index (χ0n) is 14.9. The van der Waals surface area contributed by atoms with Crippen molar-refractivity contribution < 1.29 is 8.78 Å². The smallest absolute Gasteiger partial charge is 0.167 e. The first-order valence-corrected chi connectivity index (χ1v) is 9.14. The highest BCUT2D eigenvalue weighted by molar-refractivity contribution is 5.88. The van der Waals surface area contributed by atoms with Crippen molar-refractivity contribution in [1.29, 1.82) is 0 Å². The predicted octanol–water partition coefficient (Wildman–Crippen LogP) is 7.08. The molecule has 0 radical (unpaired) electrons. The fourth-order valence-electron chi connectivity index (χ4n) is 3.24. The second-order valence-corrected chi connectivity index (χ2v) is 6.62. The van der Waals surface area contributed by atoms with Gasteiger partial charge < -0.3 is 0 Å². The summed E-state index contributed by atoms with van der Waals surface area (Å²) in [4.78, 5) is 0. The fraction of sp³-hybridized carbons (Fsp3) is 0.304. The largest absolute Gasteiger partial charge is 0.203 e. The van der Waals surface area contributed by atoms with E-state index in [9.17, 15) is 8.78 Å². The third-order valence-electron chi connectivity index (χ3n) is 4.83. The number of hydrogen-bond donors (Lipinski definition) is 0. The topological polar surface area (TPSA) is 0 Å². The minimum absolute atomic E-state index is 0.325. The van der Waals surface area contributed by atoms with Crippen molar-refractivity contribution in [3.63, 3.8) is 0 Å². The Morgan fingerprint density at radius 2 is 1.48 bits per heavy atom. The van der Waals surface area contributed by atoms with Gasteiger partial charge in [0.15, 0.2) is 11.6 Å². The highest BCUT2D eigenvalue weighted by atomic mass is 19.2. The molecule has 0 aliphatic heterocycles. The third-order valence-corrected chi connectivity index (χ3v) is 4.83. The van der Waals surface area contributed by atoms with Crippen molar-refractivity contribution in [2.75, 3.05) is 0 Å². The molecule has 0 amide bonds. The summed E-state index contributed by atoms with van der Waals surface area (Å²) in [7, 11) is 0. The molecule has 130 valence electrons. The molecule has 0 aliphatic carbocycles. The molecular formula is C23H24F2. The number of halogens is 2. The summed E-state index contributed by atoms with van der Waals surface area (Å²) < 4.78 is 29.3. The van der Waals surface area contributed by atoms with Gasteiger partial charge in [0.1, 0.15) is 0 Å². The Balaban J connectivity index is 2.01. The Hall–Kier alpha value is -2.22. The molecule has 0 saturated heterocycles. The Bertz CT molecular complexity index is 863. The molecule has 0 saturated carbocycles. The Morgan fingerprint density at radius 1 is 0.760 bits per heavy atom. The van der Waals surface area contributed by atoms with E-state index in [4.69, 9.17) is 0 Å². The summed E-state index contributed by atoms with van der Waals surface area (Å²) in [5, 5.41) is 1.12. The monoisotopic (exact) mass is 338 g/mol. The summed E-state index contributed by atoms with van der Waals surface area (Å²) >= 11 is 0. The van der Waals surface area contributed by atoms with Crippen molar-refractivity contribution in [2.24, 2.45) is 0 Å². The van der Waals surface area contributed by atoms with Gasteiger partial charge in [-0.1, -0.05) is 63.1 Å². The highest BCUT2D eigenvalue weighted by Crippen LogP contribution is 2.31. The first-order valence-electron chi connectivity index (χ1n) is 9.14. The maximum absolute atomic E-state index is 14.7. The fourth-order valence-corrected chi connectivity index (χ4v) is 3.24. The quantitative estimate of drug-likeness (QED) is 0.421. The molecule has 0 atom stereocenters. The van der Waals surface area contributed by atoms with Gasteiger partial charge >= 0.3 is 0 Å². The van der Waals surface area contributed by atoms with Crippen LogP contribution >= 0.6 is 0 Å². The Morgan fingerprint density at radius 3 is 2.16 bits per heavy atom. The molecule has 0 aliphatic rings. The summed E-state index contributed by atoms with van der Waals surface area (Å²) in [6.07, 6.45) is 5.22. The van der Waals surface area contributed by atoms with E-state index in [0.29, 0.717) is 16.5 Å². The maximum Gasteiger partial charge on any atom is 0.167 e. The lowest BCUT2D eigenvalue weighted by atomic mass is 9.96. The van der Waals surface area contributed by atoms with Crippen LogP contribution < -0.4 is 0 Å². The van der Waals surface area contributed by atoms with Gasteiger partial charge in [0.25, 0.3) is 0 Å². The molecule has 2 heteroatoms. The minimum Gasteiger partial charge on any atom is -0.203 e. The van der Waals surface area contributed by atoms with E-state index in [1.807, 2.05) is 36.4 Å². The van der Waals surface area contributed by atoms with Gasteiger partial charge in [-0.05, 0) is 53.5 Å². The average molecular weight is 338 g/mol. The van der Waals surface area contributed by atoms with Crippen LogP contribution in [0.15, 0.2) is 48.5 Å². The molecule has 25 heavy (non-hydrogen) atoms. The van der Waals surface area contributed by atoms with Crippen molar-refractivity contribution in [1.82, 2.24) is 0 Å². The molecule has 3 aromatic carbocycles. The van der Waals surface area contributed by atoms with Gasteiger partial charge in [0.05, 0.1) is 0 Å². The zero-order valence-corrected chi connectivity index (χ0v) is 14.9. The molecule has 0 bridgehead atoms. The van der Waals surface area contributed by atoms with Gasteiger partial charge in [-0.3, -0.25) is 0 Å². The lowest BCUT2D eigenvalue weighted by Gasteiger charge is -2.10. The van der Waals surface area contributed by atoms with E-state index in [-0.39, 0.29) is 0 Å². The van der Waals surface area contributed by atoms with Gasteiger partial charge in [0, 0.05) is 10.9 Å². The number of unbranched alkanes of at least 4 members (excludes halogenated alkanes) is 2. The molecule has 0 spiro atoms.